The van der Waals surface area contributed by atoms with Crippen LogP contribution in [0.3, 0.4) is 0 Å². The van der Waals surface area contributed by atoms with Crippen molar-refractivity contribution < 1.29 is 9.53 Å². The van der Waals surface area contributed by atoms with Gasteiger partial charge in [-0.3, -0.25) is 4.40 Å². The number of carbonyl (C=O) groups is 1. The number of hydrogen-bond donors (Lipinski definition) is 0. The van der Waals surface area contributed by atoms with Gasteiger partial charge in [-0.15, -0.1) is 10.2 Å². The van der Waals surface area contributed by atoms with Crippen LogP contribution in [0.1, 0.15) is 32.8 Å². The second-order valence-electron chi connectivity index (χ2n) is 9.61. The molecule has 1 amide bonds. The number of carbonyl (C=O) groups excluding carboxylic acids is 1. The fourth-order valence-corrected chi connectivity index (χ4v) is 4.41. The Balaban J connectivity index is 1.44. The van der Waals surface area contributed by atoms with Gasteiger partial charge in [-0.1, -0.05) is 29.8 Å². The molecular formula is C26H27ClN6O2. The molecule has 35 heavy (non-hydrogen) atoms. The molecule has 0 bridgehead atoms. The lowest BCUT2D eigenvalue weighted by Gasteiger charge is -2.30. The molecule has 1 aliphatic rings. The first-order valence-electron chi connectivity index (χ1n) is 11.5. The maximum atomic E-state index is 12.4. The summed E-state index contributed by atoms with van der Waals surface area (Å²) < 4.78 is 7.34. The van der Waals surface area contributed by atoms with Crippen LogP contribution in [0.2, 0.25) is 5.02 Å². The lowest BCUT2D eigenvalue weighted by atomic mass is 9.99. The molecule has 5 rings (SSSR count). The maximum absolute atomic E-state index is 12.4. The highest BCUT2D eigenvalue weighted by Gasteiger charge is 2.24. The summed E-state index contributed by atoms with van der Waals surface area (Å²) in [6.07, 6.45) is 4.23. The van der Waals surface area contributed by atoms with Gasteiger partial charge in [-0.05, 0) is 68.7 Å². The van der Waals surface area contributed by atoms with E-state index in [-0.39, 0.29) is 6.09 Å². The van der Waals surface area contributed by atoms with Crippen LogP contribution >= 0.6 is 11.6 Å². The molecule has 180 valence electrons. The van der Waals surface area contributed by atoms with E-state index in [0.29, 0.717) is 23.9 Å². The first kappa shape index (κ1) is 23.1. The van der Waals surface area contributed by atoms with Crippen LogP contribution in [0.25, 0.3) is 22.3 Å². The van der Waals surface area contributed by atoms with Crippen molar-refractivity contribution in [1.82, 2.24) is 24.5 Å². The lowest BCUT2D eigenvalue weighted by Crippen LogP contribution is -2.39. The van der Waals surface area contributed by atoms with Gasteiger partial charge >= 0.3 is 6.09 Å². The van der Waals surface area contributed by atoms with Crippen LogP contribution in [0.5, 0.6) is 0 Å². The van der Waals surface area contributed by atoms with E-state index in [0.717, 1.165) is 34.4 Å². The maximum Gasteiger partial charge on any atom is 0.410 e. The monoisotopic (exact) mass is 490 g/mol. The van der Waals surface area contributed by atoms with Crippen LogP contribution < -0.4 is 4.90 Å². The summed E-state index contributed by atoms with van der Waals surface area (Å²) >= 11 is 6.28. The summed E-state index contributed by atoms with van der Waals surface area (Å²) in [5.74, 6) is 1.28. The summed E-state index contributed by atoms with van der Waals surface area (Å²) in [6.45, 7) is 6.79. The van der Waals surface area contributed by atoms with E-state index in [1.54, 1.807) is 11.2 Å². The van der Waals surface area contributed by atoms with Gasteiger partial charge < -0.3 is 14.5 Å². The molecule has 0 radical (unpaired) electrons. The number of hydrogen-bond acceptors (Lipinski definition) is 6. The van der Waals surface area contributed by atoms with Gasteiger partial charge in [0.05, 0.1) is 5.52 Å². The van der Waals surface area contributed by atoms with Crippen LogP contribution in [0.4, 0.5) is 16.3 Å². The van der Waals surface area contributed by atoms with Gasteiger partial charge in [-0.2, -0.15) is 4.98 Å². The number of fused-ring (bicyclic) bond motifs is 3. The molecular weight excluding hydrogens is 464 g/mol. The average Bonchev–Trinajstić information content (AvgIpc) is 3.31. The number of anilines is 2. The number of ether oxygens (including phenoxy) is 1. The molecule has 0 aliphatic carbocycles. The summed E-state index contributed by atoms with van der Waals surface area (Å²) in [5.41, 5.74) is 3.71. The quantitative estimate of drug-likeness (QED) is 0.365. The molecule has 0 saturated carbocycles. The molecule has 3 heterocycles. The van der Waals surface area contributed by atoms with Gasteiger partial charge in [0, 0.05) is 36.2 Å². The molecule has 4 aromatic rings. The smallest absolute Gasteiger partial charge is 0.410 e. The summed E-state index contributed by atoms with van der Waals surface area (Å²) in [4.78, 5) is 21.0. The van der Waals surface area contributed by atoms with E-state index < -0.39 is 5.60 Å². The molecule has 8 nitrogen and oxygen atoms in total. The van der Waals surface area contributed by atoms with E-state index in [9.17, 15) is 4.79 Å². The first-order chi connectivity index (χ1) is 16.7. The predicted molar refractivity (Wildman–Crippen MR) is 138 cm³/mol. The highest BCUT2D eigenvalue weighted by atomic mass is 35.5. The standard InChI is InChI=1S/C26H27ClN6O2/c1-26(2,3)35-25(34)32-12-10-17(11-13-32)18-6-5-7-20(14-18)31(4)23-21-9-8-19(27)15-22(21)33-16-28-30-24(33)29-23/h5-10,14-16H,11-13H2,1-4H3. The fraction of sp³-hybridized carbons (Fsp3) is 0.308. The zero-order valence-electron chi connectivity index (χ0n) is 20.2. The van der Waals surface area contributed by atoms with Crippen molar-refractivity contribution >= 4 is 51.5 Å². The second-order valence-corrected chi connectivity index (χ2v) is 10.0. The average molecular weight is 491 g/mol. The Morgan fingerprint density at radius 1 is 1.17 bits per heavy atom. The Hall–Kier alpha value is -3.65. The normalized spacial score (nSPS) is 14.3. The Kier molecular flexibility index (Phi) is 5.84. The van der Waals surface area contributed by atoms with Crippen LogP contribution in [-0.4, -0.2) is 56.3 Å². The SMILES string of the molecule is CN(c1cccc(C2=CCN(C(=O)OC(C)(C)C)CC2)c1)c1nc2nncn2c2cc(Cl)ccc12. The number of halogens is 1. The van der Waals surface area contributed by atoms with Gasteiger partial charge in [0.15, 0.2) is 0 Å². The summed E-state index contributed by atoms with van der Waals surface area (Å²) in [6, 6.07) is 14.1. The Labute approximate surface area is 208 Å². The number of rotatable bonds is 3. The van der Waals surface area contributed by atoms with Gasteiger partial charge in [0.2, 0.25) is 0 Å². The van der Waals surface area contributed by atoms with Crippen molar-refractivity contribution in [1.29, 1.82) is 0 Å². The highest BCUT2D eigenvalue weighted by molar-refractivity contribution is 6.31. The van der Waals surface area contributed by atoms with Gasteiger partial charge in [-0.25, -0.2) is 4.79 Å². The first-order valence-corrected chi connectivity index (χ1v) is 11.9. The van der Waals surface area contributed by atoms with Gasteiger partial charge in [0.25, 0.3) is 5.78 Å². The molecule has 1 aliphatic heterocycles. The molecule has 0 fully saturated rings. The number of benzene rings is 2. The minimum absolute atomic E-state index is 0.275. The Bertz CT molecular complexity index is 1460. The molecule has 9 heteroatoms. The third kappa shape index (κ3) is 4.66. The van der Waals surface area contributed by atoms with Crippen molar-refractivity contribution in [2.45, 2.75) is 32.8 Å². The summed E-state index contributed by atoms with van der Waals surface area (Å²) in [5, 5.41) is 9.74. The topological polar surface area (TPSA) is 75.9 Å². The number of aromatic nitrogens is 4. The van der Waals surface area contributed by atoms with E-state index >= 15 is 0 Å². The molecule has 0 N–H and O–H groups in total. The highest BCUT2D eigenvalue weighted by Crippen LogP contribution is 2.33. The van der Waals surface area contributed by atoms with E-state index in [2.05, 4.69) is 34.5 Å². The van der Waals surface area contributed by atoms with E-state index in [1.807, 2.05) is 61.4 Å². The Morgan fingerprint density at radius 2 is 2.00 bits per heavy atom. The van der Waals surface area contributed by atoms with Crippen molar-refractivity contribution in [3.05, 3.63) is 65.5 Å². The fourth-order valence-electron chi connectivity index (χ4n) is 4.24. The van der Waals surface area contributed by atoms with Crippen molar-refractivity contribution in [2.75, 3.05) is 25.0 Å². The van der Waals surface area contributed by atoms with Crippen LogP contribution in [-0.2, 0) is 4.74 Å². The second kappa shape index (κ2) is 8.85. The molecule has 0 spiro atoms. The Morgan fingerprint density at radius 3 is 2.74 bits per heavy atom. The van der Waals surface area contributed by atoms with Crippen molar-refractivity contribution in [3.63, 3.8) is 0 Å². The van der Waals surface area contributed by atoms with Crippen molar-refractivity contribution in [3.8, 4) is 0 Å². The molecule has 0 saturated heterocycles. The zero-order chi connectivity index (χ0) is 24.7. The predicted octanol–water partition coefficient (Wildman–Crippen LogP) is 5.72. The zero-order valence-corrected chi connectivity index (χ0v) is 21.0. The van der Waals surface area contributed by atoms with E-state index in [1.165, 1.54) is 5.57 Å². The van der Waals surface area contributed by atoms with Crippen LogP contribution in [0, 0.1) is 0 Å². The largest absolute Gasteiger partial charge is 0.444 e. The minimum Gasteiger partial charge on any atom is -0.444 e. The third-order valence-electron chi connectivity index (χ3n) is 5.98. The minimum atomic E-state index is -0.501. The van der Waals surface area contributed by atoms with Crippen molar-refractivity contribution in [2.24, 2.45) is 0 Å². The van der Waals surface area contributed by atoms with Crippen LogP contribution in [0.15, 0.2) is 54.9 Å². The molecule has 2 aromatic carbocycles. The van der Waals surface area contributed by atoms with Gasteiger partial charge in [0.1, 0.15) is 17.7 Å². The molecule has 0 unspecified atom stereocenters. The third-order valence-corrected chi connectivity index (χ3v) is 6.21. The molecule has 2 aromatic heterocycles. The summed E-state index contributed by atoms with van der Waals surface area (Å²) in [7, 11) is 1.99. The molecule has 0 atom stereocenters. The lowest BCUT2D eigenvalue weighted by molar-refractivity contribution is 0.0270. The van der Waals surface area contributed by atoms with E-state index in [4.69, 9.17) is 21.3 Å². The number of amides is 1. The number of nitrogens with zero attached hydrogens (tertiary/aromatic N) is 6.